The Balaban J connectivity index is 1.76. The molecule has 1 amide bonds. The van der Waals surface area contributed by atoms with Gasteiger partial charge in [0.1, 0.15) is 22.5 Å². The van der Waals surface area contributed by atoms with Gasteiger partial charge in [0.15, 0.2) is 0 Å². The number of amides is 1. The smallest absolute Gasteiger partial charge is 0.457 e. The van der Waals surface area contributed by atoms with E-state index in [1.807, 2.05) is 30.3 Å². The maximum atomic E-state index is 11.7. The molecule has 2 aromatic carbocycles. The number of benzene rings is 2. The normalized spacial score (nSPS) is 17.2. The molecule has 2 unspecified atom stereocenters. The molecule has 6 nitrogen and oxygen atoms in total. The fourth-order valence-electron chi connectivity index (χ4n) is 2.58. The summed E-state index contributed by atoms with van der Waals surface area (Å²) in [7, 11) is -2.55. The molecule has 124 valence electrons. The Morgan fingerprint density at radius 3 is 2.75 bits per heavy atom. The molecule has 0 fully saturated rings. The van der Waals surface area contributed by atoms with Crippen LogP contribution in [0.25, 0.3) is 0 Å². The van der Waals surface area contributed by atoms with E-state index < -0.39 is 30.1 Å². The first kappa shape index (κ1) is 16.7. The average molecular weight is 345 g/mol. The van der Waals surface area contributed by atoms with Crippen LogP contribution in [0, 0.1) is 0 Å². The van der Waals surface area contributed by atoms with E-state index >= 15 is 0 Å². The molecule has 0 radical (unpaired) electrons. The molecule has 1 heterocycles. The molecular formula is C16H16BNO5S. The van der Waals surface area contributed by atoms with E-state index in [0.29, 0.717) is 17.0 Å². The fraction of sp³-hybridized carbons (Fsp3) is 0.188. The number of rotatable bonds is 5. The minimum absolute atomic E-state index is 0.0114. The zero-order valence-corrected chi connectivity index (χ0v) is 13.8. The van der Waals surface area contributed by atoms with Crippen LogP contribution in [0.15, 0.2) is 48.5 Å². The summed E-state index contributed by atoms with van der Waals surface area (Å²) in [5.74, 6) is 0.861. The van der Waals surface area contributed by atoms with Crippen LogP contribution < -0.4 is 14.9 Å². The number of hydrogen-bond donors (Lipinski definition) is 2. The van der Waals surface area contributed by atoms with E-state index in [-0.39, 0.29) is 6.42 Å². The molecule has 8 heteroatoms. The number of carbonyl (C=O) groups excluding carboxylic acids is 1. The summed E-state index contributed by atoms with van der Waals surface area (Å²) >= 11 is 0. The van der Waals surface area contributed by atoms with Gasteiger partial charge in [0.2, 0.25) is 5.91 Å². The predicted molar refractivity (Wildman–Crippen MR) is 91.2 cm³/mol. The highest BCUT2D eigenvalue weighted by Crippen LogP contribution is 2.30. The molecule has 0 aliphatic carbocycles. The summed E-state index contributed by atoms with van der Waals surface area (Å²) in [6.45, 7) is 0. The third kappa shape index (κ3) is 3.84. The first-order valence-electron chi connectivity index (χ1n) is 7.36. The van der Waals surface area contributed by atoms with Gasteiger partial charge in [-0.3, -0.25) is 9.52 Å². The molecule has 0 saturated heterocycles. The first-order valence-corrected chi connectivity index (χ1v) is 8.92. The number of fused-ring (bicyclic) bond motifs is 1. The van der Waals surface area contributed by atoms with Gasteiger partial charge in [-0.1, -0.05) is 24.3 Å². The lowest BCUT2D eigenvalue weighted by molar-refractivity contribution is -0.120. The highest BCUT2D eigenvalue weighted by Gasteiger charge is 2.36. The van der Waals surface area contributed by atoms with Gasteiger partial charge >= 0.3 is 7.12 Å². The monoisotopic (exact) mass is 345 g/mol. The van der Waals surface area contributed by atoms with Crippen LogP contribution >= 0.6 is 0 Å². The SMILES string of the molecule is CS(=O)NC(=O)CC1OB(O)c2cc(Oc3ccccc3)ccc21. The van der Waals surface area contributed by atoms with Crippen molar-refractivity contribution in [2.75, 3.05) is 6.26 Å². The Bertz CT molecular complexity index is 770. The third-order valence-corrected chi connectivity index (χ3v) is 4.09. The summed E-state index contributed by atoms with van der Waals surface area (Å²) in [6, 6.07) is 14.5. The van der Waals surface area contributed by atoms with E-state index in [2.05, 4.69) is 4.72 Å². The highest BCUT2D eigenvalue weighted by molar-refractivity contribution is 7.82. The minimum Gasteiger partial charge on any atom is -0.457 e. The third-order valence-electron chi connectivity index (χ3n) is 3.57. The van der Waals surface area contributed by atoms with Gasteiger partial charge in [-0.25, -0.2) is 4.21 Å². The molecule has 2 N–H and O–H groups in total. The Labute approximate surface area is 142 Å². The largest absolute Gasteiger partial charge is 0.492 e. The molecule has 1 aliphatic rings. The van der Waals surface area contributed by atoms with E-state index in [1.165, 1.54) is 6.26 Å². The van der Waals surface area contributed by atoms with Gasteiger partial charge < -0.3 is 14.4 Å². The molecule has 3 rings (SSSR count). The summed E-state index contributed by atoms with van der Waals surface area (Å²) in [5, 5.41) is 10.1. The van der Waals surface area contributed by atoms with Crippen LogP contribution in [-0.2, 0) is 20.4 Å². The van der Waals surface area contributed by atoms with E-state index in [4.69, 9.17) is 9.39 Å². The molecule has 2 aromatic rings. The van der Waals surface area contributed by atoms with Crippen molar-refractivity contribution >= 4 is 29.5 Å². The van der Waals surface area contributed by atoms with Crippen LogP contribution in [0.1, 0.15) is 18.1 Å². The van der Waals surface area contributed by atoms with Crippen LogP contribution in [0.4, 0.5) is 0 Å². The van der Waals surface area contributed by atoms with E-state index in [9.17, 15) is 14.0 Å². The first-order chi connectivity index (χ1) is 11.5. The molecule has 1 aliphatic heterocycles. The summed E-state index contributed by atoms with van der Waals surface area (Å²) in [5.41, 5.74) is 1.29. The number of nitrogens with one attached hydrogen (secondary N) is 1. The summed E-state index contributed by atoms with van der Waals surface area (Å²) in [6.07, 6.45) is 0.788. The second-order valence-corrected chi connectivity index (χ2v) is 6.48. The van der Waals surface area contributed by atoms with Crippen molar-refractivity contribution in [3.8, 4) is 11.5 Å². The highest BCUT2D eigenvalue weighted by atomic mass is 32.2. The Morgan fingerprint density at radius 2 is 2.04 bits per heavy atom. The number of para-hydroxylation sites is 1. The summed E-state index contributed by atoms with van der Waals surface area (Å²) < 4.78 is 24.5. The van der Waals surface area contributed by atoms with Gasteiger partial charge in [-0.2, -0.15) is 0 Å². The zero-order valence-electron chi connectivity index (χ0n) is 13.0. The average Bonchev–Trinajstić information content (AvgIpc) is 2.83. The molecule has 2 atom stereocenters. The lowest BCUT2D eigenvalue weighted by atomic mass is 9.79. The molecule has 0 saturated carbocycles. The molecule has 0 bridgehead atoms. The zero-order chi connectivity index (χ0) is 17.1. The maximum absolute atomic E-state index is 11.7. The lowest BCUT2D eigenvalue weighted by Gasteiger charge is -2.12. The maximum Gasteiger partial charge on any atom is 0.492 e. The van der Waals surface area contributed by atoms with E-state index in [0.717, 1.165) is 5.56 Å². The fourth-order valence-corrected chi connectivity index (χ4v) is 2.98. The van der Waals surface area contributed by atoms with Crippen molar-refractivity contribution in [1.82, 2.24) is 4.72 Å². The lowest BCUT2D eigenvalue weighted by Crippen LogP contribution is -2.28. The standard InChI is InChI=1S/C16H16BNO5S/c1-24(21)18-16(19)10-15-13-8-7-12(9-14(13)17(20)23-15)22-11-5-3-2-4-6-11/h2-9,15,20H,10H2,1H3,(H,18,19). The van der Waals surface area contributed by atoms with E-state index in [1.54, 1.807) is 18.2 Å². The Hall–Kier alpha value is -2.16. The van der Waals surface area contributed by atoms with Crippen LogP contribution in [0.3, 0.4) is 0 Å². The van der Waals surface area contributed by atoms with Crippen molar-refractivity contribution in [2.24, 2.45) is 0 Å². The van der Waals surface area contributed by atoms with Crippen molar-refractivity contribution in [3.63, 3.8) is 0 Å². The minimum atomic E-state index is -1.43. The van der Waals surface area contributed by atoms with Crippen LogP contribution in [-0.4, -0.2) is 28.5 Å². The molecule has 0 aromatic heterocycles. The van der Waals surface area contributed by atoms with Crippen molar-refractivity contribution < 1.29 is 23.4 Å². The number of ether oxygens (including phenoxy) is 1. The van der Waals surface area contributed by atoms with Gasteiger partial charge in [0, 0.05) is 6.26 Å². The van der Waals surface area contributed by atoms with Gasteiger partial charge in [-0.15, -0.1) is 0 Å². The van der Waals surface area contributed by atoms with Gasteiger partial charge in [0.25, 0.3) is 0 Å². The molecular weight excluding hydrogens is 329 g/mol. The van der Waals surface area contributed by atoms with Crippen molar-refractivity contribution in [1.29, 1.82) is 0 Å². The Kier molecular flexibility index (Phi) is 4.98. The topological polar surface area (TPSA) is 84.9 Å². The number of hydrogen-bond acceptors (Lipinski definition) is 5. The summed E-state index contributed by atoms with van der Waals surface area (Å²) in [4.78, 5) is 11.7. The Morgan fingerprint density at radius 1 is 1.29 bits per heavy atom. The molecule has 0 spiro atoms. The quantitative estimate of drug-likeness (QED) is 0.791. The van der Waals surface area contributed by atoms with Crippen LogP contribution in [0.5, 0.6) is 11.5 Å². The van der Waals surface area contributed by atoms with Crippen molar-refractivity contribution in [2.45, 2.75) is 12.5 Å². The van der Waals surface area contributed by atoms with Gasteiger partial charge in [-0.05, 0) is 35.3 Å². The number of carbonyl (C=O) groups is 1. The van der Waals surface area contributed by atoms with Crippen LogP contribution in [0.2, 0.25) is 0 Å². The molecule has 24 heavy (non-hydrogen) atoms. The van der Waals surface area contributed by atoms with Gasteiger partial charge in [0.05, 0.1) is 12.5 Å². The van der Waals surface area contributed by atoms with Crippen molar-refractivity contribution in [3.05, 3.63) is 54.1 Å². The second-order valence-electron chi connectivity index (χ2n) is 5.37. The predicted octanol–water partition coefficient (Wildman–Crippen LogP) is 1.04. The second kappa shape index (κ2) is 7.17.